The number of thiol groups is 1. The Kier molecular flexibility index (Phi) is 4.56. The molecule has 25 heavy (non-hydrogen) atoms. The van der Waals surface area contributed by atoms with Gasteiger partial charge in [-0.3, -0.25) is 4.90 Å². The van der Waals surface area contributed by atoms with Gasteiger partial charge < -0.3 is 5.32 Å². The maximum absolute atomic E-state index is 12.5. The minimum Gasteiger partial charge on any atom is -0.308 e. The van der Waals surface area contributed by atoms with Gasteiger partial charge >= 0.3 is 12.2 Å². The molecule has 0 saturated heterocycles. The highest BCUT2D eigenvalue weighted by molar-refractivity contribution is 7.82. The van der Waals surface area contributed by atoms with E-state index in [4.69, 9.17) is 0 Å². The molecule has 2 heterocycles. The number of hydrogen-bond donors (Lipinski definition) is 2. The van der Waals surface area contributed by atoms with Crippen LogP contribution in [-0.2, 0) is 6.18 Å². The van der Waals surface area contributed by atoms with Crippen molar-refractivity contribution in [1.29, 1.82) is 0 Å². The van der Waals surface area contributed by atoms with Crippen molar-refractivity contribution in [2.75, 3.05) is 17.3 Å². The van der Waals surface area contributed by atoms with Gasteiger partial charge in [-0.25, -0.2) is 14.8 Å². The van der Waals surface area contributed by atoms with E-state index in [1.54, 1.807) is 12.1 Å². The number of anilines is 2. The molecule has 3 rings (SSSR count). The zero-order valence-electron chi connectivity index (χ0n) is 12.7. The van der Waals surface area contributed by atoms with Gasteiger partial charge in [0.05, 0.1) is 5.56 Å². The van der Waals surface area contributed by atoms with Crippen molar-refractivity contribution < 1.29 is 18.0 Å². The summed E-state index contributed by atoms with van der Waals surface area (Å²) in [7, 11) is 1.51. The lowest BCUT2D eigenvalue weighted by Gasteiger charge is -2.17. The smallest absolute Gasteiger partial charge is 0.308 e. The van der Waals surface area contributed by atoms with E-state index in [0.717, 1.165) is 12.1 Å². The molecule has 0 fully saturated rings. The van der Waals surface area contributed by atoms with E-state index in [1.807, 2.05) is 0 Å². The molecule has 130 valence electrons. The average molecular weight is 384 g/mol. The van der Waals surface area contributed by atoms with Crippen LogP contribution in [0.3, 0.4) is 0 Å². The normalized spacial score (nSPS) is 11.6. The number of fused-ring (bicyclic) bond motifs is 1. The summed E-state index contributed by atoms with van der Waals surface area (Å²) in [5, 5.41) is 2.52. The third kappa shape index (κ3) is 3.85. The first-order valence-corrected chi connectivity index (χ1v) is 8.19. The second-order valence-electron chi connectivity index (χ2n) is 5.05. The minimum atomic E-state index is -4.42. The van der Waals surface area contributed by atoms with Crippen LogP contribution in [0.25, 0.3) is 10.3 Å². The summed E-state index contributed by atoms with van der Waals surface area (Å²) >= 11 is 5.44. The molecule has 5 nitrogen and oxygen atoms in total. The minimum absolute atomic E-state index is 0.251. The number of amides is 2. The van der Waals surface area contributed by atoms with Crippen LogP contribution in [0.4, 0.5) is 29.5 Å². The van der Waals surface area contributed by atoms with Gasteiger partial charge in [0.1, 0.15) is 20.5 Å². The largest absolute Gasteiger partial charge is 0.416 e. The molecule has 2 amide bonds. The molecule has 3 aromatic rings. The highest BCUT2D eigenvalue weighted by Crippen LogP contribution is 2.30. The summed E-state index contributed by atoms with van der Waals surface area (Å²) in [4.78, 5) is 22.6. The topological polar surface area (TPSA) is 58.1 Å². The van der Waals surface area contributed by atoms with Gasteiger partial charge in [-0.1, -0.05) is 11.3 Å². The lowest BCUT2D eigenvalue weighted by molar-refractivity contribution is -0.137. The Morgan fingerprint density at radius 2 is 1.84 bits per heavy atom. The van der Waals surface area contributed by atoms with E-state index < -0.39 is 17.8 Å². The molecule has 0 saturated carbocycles. The Balaban J connectivity index is 1.75. The Hall–Kier alpha value is -2.33. The maximum atomic E-state index is 12.5. The molecule has 0 atom stereocenters. The van der Waals surface area contributed by atoms with Gasteiger partial charge in [-0.15, -0.1) is 12.6 Å². The molecular formula is C15H11F3N4OS2. The number of thiazole rings is 1. The second kappa shape index (κ2) is 6.52. The molecule has 0 spiro atoms. The van der Waals surface area contributed by atoms with Crippen LogP contribution in [0.1, 0.15) is 5.56 Å². The van der Waals surface area contributed by atoms with Crippen molar-refractivity contribution in [3.63, 3.8) is 0 Å². The highest BCUT2D eigenvalue weighted by atomic mass is 32.2. The van der Waals surface area contributed by atoms with E-state index in [1.165, 1.54) is 35.4 Å². The van der Waals surface area contributed by atoms with Crippen molar-refractivity contribution in [3.8, 4) is 0 Å². The molecule has 1 aromatic carbocycles. The first-order chi connectivity index (χ1) is 11.7. The lowest BCUT2D eigenvalue weighted by atomic mass is 10.2. The Morgan fingerprint density at radius 1 is 1.16 bits per heavy atom. The lowest BCUT2D eigenvalue weighted by Crippen LogP contribution is -2.31. The summed E-state index contributed by atoms with van der Waals surface area (Å²) in [6.45, 7) is 0. The summed E-state index contributed by atoms with van der Waals surface area (Å²) in [5.74, 6) is 0.383. The number of hydrogen-bond acceptors (Lipinski definition) is 5. The number of nitrogens with one attached hydrogen (secondary N) is 1. The van der Waals surface area contributed by atoms with Gasteiger partial charge in [0.15, 0.2) is 0 Å². The average Bonchev–Trinajstić information content (AvgIpc) is 2.92. The van der Waals surface area contributed by atoms with E-state index in [2.05, 4.69) is 27.9 Å². The van der Waals surface area contributed by atoms with Crippen LogP contribution in [0.2, 0.25) is 0 Å². The summed E-state index contributed by atoms with van der Waals surface area (Å²) < 4.78 is 38.2. The molecule has 10 heteroatoms. The third-order valence-electron chi connectivity index (χ3n) is 3.34. The molecule has 0 bridgehead atoms. The van der Waals surface area contributed by atoms with Crippen molar-refractivity contribution in [2.24, 2.45) is 0 Å². The van der Waals surface area contributed by atoms with E-state index in [0.29, 0.717) is 20.5 Å². The number of nitrogens with zero attached hydrogens (tertiary/aromatic N) is 3. The number of urea groups is 1. The monoisotopic (exact) mass is 384 g/mol. The number of alkyl halides is 3. The molecule has 2 aromatic heterocycles. The van der Waals surface area contributed by atoms with Gasteiger partial charge in [0, 0.05) is 12.7 Å². The third-order valence-corrected chi connectivity index (χ3v) is 4.48. The number of halogens is 3. The van der Waals surface area contributed by atoms with Crippen molar-refractivity contribution in [3.05, 3.63) is 42.0 Å². The van der Waals surface area contributed by atoms with Crippen LogP contribution in [0, 0.1) is 0 Å². The van der Waals surface area contributed by atoms with E-state index in [-0.39, 0.29) is 5.69 Å². The number of aromatic nitrogens is 2. The number of benzene rings is 1. The zero-order chi connectivity index (χ0) is 18.2. The summed E-state index contributed by atoms with van der Waals surface area (Å²) in [6.07, 6.45) is -4.42. The van der Waals surface area contributed by atoms with Crippen LogP contribution in [-0.4, -0.2) is 23.0 Å². The highest BCUT2D eigenvalue weighted by Gasteiger charge is 2.30. The van der Waals surface area contributed by atoms with Crippen molar-refractivity contribution in [1.82, 2.24) is 9.97 Å². The maximum Gasteiger partial charge on any atom is 0.416 e. The standard InChI is InChI=1S/C15H11F3N4OS2/c1-22(11-7-6-10-12(21-11)25-14(24)20-10)13(23)19-9-4-2-8(3-5-9)15(16,17)18/h2-7H,1H3,(H,19,23)(H,20,24). The molecular weight excluding hydrogens is 373 g/mol. The number of rotatable bonds is 2. The number of pyridine rings is 1. The number of carbonyl (C=O) groups excluding carboxylic acids is 1. The molecule has 1 N–H and O–H groups in total. The fraction of sp³-hybridized carbons (Fsp3) is 0.133. The van der Waals surface area contributed by atoms with E-state index >= 15 is 0 Å². The zero-order valence-corrected chi connectivity index (χ0v) is 14.4. The molecule has 0 radical (unpaired) electrons. The fourth-order valence-electron chi connectivity index (χ4n) is 2.04. The SMILES string of the molecule is CN(C(=O)Nc1ccc(C(F)(F)F)cc1)c1ccc2nc(S)sc2n1. The predicted octanol–water partition coefficient (Wildman–Crippen LogP) is 4.67. The van der Waals surface area contributed by atoms with Crippen molar-refractivity contribution >= 4 is 51.8 Å². The first-order valence-electron chi connectivity index (χ1n) is 6.92. The molecule has 0 aliphatic carbocycles. The van der Waals surface area contributed by atoms with Gasteiger partial charge in [0.2, 0.25) is 0 Å². The predicted molar refractivity (Wildman–Crippen MR) is 93.5 cm³/mol. The van der Waals surface area contributed by atoms with Gasteiger partial charge in [0.25, 0.3) is 0 Å². The van der Waals surface area contributed by atoms with Crippen LogP contribution >= 0.6 is 24.0 Å². The molecule has 0 unspecified atom stereocenters. The van der Waals surface area contributed by atoms with Crippen LogP contribution in [0.15, 0.2) is 40.7 Å². The molecule has 0 aliphatic heterocycles. The first kappa shape index (κ1) is 17.5. The summed E-state index contributed by atoms with van der Waals surface area (Å²) in [6, 6.07) is 7.03. The van der Waals surface area contributed by atoms with E-state index in [9.17, 15) is 18.0 Å². The summed E-state index contributed by atoms with van der Waals surface area (Å²) in [5.41, 5.74) is 0.149. The van der Waals surface area contributed by atoms with Gasteiger partial charge in [-0.05, 0) is 36.4 Å². The second-order valence-corrected chi connectivity index (χ2v) is 6.76. The van der Waals surface area contributed by atoms with Gasteiger partial charge in [-0.2, -0.15) is 13.2 Å². The Labute approximate surface area is 149 Å². The Bertz CT molecular complexity index is 925. The van der Waals surface area contributed by atoms with Crippen molar-refractivity contribution in [2.45, 2.75) is 10.5 Å². The molecule has 0 aliphatic rings. The van der Waals surface area contributed by atoms with Crippen LogP contribution in [0.5, 0.6) is 0 Å². The van der Waals surface area contributed by atoms with Crippen LogP contribution < -0.4 is 10.2 Å². The number of carbonyl (C=O) groups is 1. The fourth-order valence-corrected chi connectivity index (χ4v) is 3.08. The Morgan fingerprint density at radius 3 is 2.48 bits per heavy atom. The quantitative estimate of drug-likeness (QED) is 0.632.